The lowest BCUT2D eigenvalue weighted by Gasteiger charge is -2.34. The minimum absolute atomic E-state index is 0. The summed E-state index contributed by atoms with van der Waals surface area (Å²) in [6.45, 7) is 10.9. The van der Waals surface area contributed by atoms with Gasteiger partial charge >= 0.3 is 0 Å². The zero-order chi connectivity index (χ0) is 20.5. The van der Waals surface area contributed by atoms with Crippen molar-refractivity contribution in [3.8, 4) is 0 Å². The summed E-state index contributed by atoms with van der Waals surface area (Å²) in [6.07, 6.45) is 5.83. The highest BCUT2D eigenvalue weighted by molar-refractivity contribution is 14.0. The van der Waals surface area contributed by atoms with E-state index in [1.807, 2.05) is 7.05 Å². The maximum Gasteiger partial charge on any atom is 0.191 e. The van der Waals surface area contributed by atoms with E-state index < -0.39 is 0 Å². The molecule has 2 fully saturated rings. The fraction of sp³-hybridized carbons (Fsp3) is 0.708. The van der Waals surface area contributed by atoms with Gasteiger partial charge in [-0.1, -0.05) is 38.1 Å². The Labute approximate surface area is 200 Å². The molecule has 2 aliphatic heterocycles. The first-order valence-electron chi connectivity index (χ1n) is 11.5. The lowest BCUT2D eigenvalue weighted by molar-refractivity contribution is 0.150. The summed E-state index contributed by atoms with van der Waals surface area (Å²) in [6, 6.07) is 9.60. The van der Waals surface area contributed by atoms with Gasteiger partial charge in [-0.05, 0) is 55.1 Å². The molecule has 170 valence electrons. The molecule has 0 aliphatic carbocycles. The number of ether oxygens (including phenoxy) is 1. The first-order valence-corrected chi connectivity index (χ1v) is 11.5. The molecule has 0 spiro atoms. The van der Waals surface area contributed by atoms with E-state index in [2.05, 4.69) is 58.6 Å². The monoisotopic (exact) mass is 528 g/mol. The van der Waals surface area contributed by atoms with E-state index in [1.54, 1.807) is 0 Å². The van der Waals surface area contributed by atoms with E-state index in [-0.39, 0.29) is 24.0 Å². The van der Waals surface area contributed by atoms with E-state index in [4.69, 9.17) is 4.74 Å². The van der Waals surface area contributed by atoms with Crippen molar-refractivity contribution in [2.45, 2.75) is 57.9 Å². The first kappa shape index (κ1) is 25.4. The Morgan fingerprint density at radius 3 is 2.50 bits per heavy atom. The minimum atomic E-state index is 0. The molecule has 0 amide bonds. The summed E-state index contributed by atoms with van der Waals surface area (Å²) in [4.78, 5) is 7.03. The third-order valence-electron chi connectivity index (χ3n) is 6.27. The molecule has 6 heteroatoms. The zero-order valence-corrected chi connectivity index (χ0v) is 21.4. The van der Waals surface area contributed by atoms with Gasteiger partial charge in [-0.25, -0.2) is 0 Å². The maximum atomic E-state index is 5.51. The van der Waals surface area contributed by atoms with Crippen LogP contribution in [-0.4, -0.2) is 63.3 Å². The number of nitrogens with one attached hydrogen (secondary N) is 2. The van der Waals surface area contributed by atoms with Crippen LogP contribution in [0.2, 0.25) is 0 Å². The Kier molecular flexibility index (Phi) is 11.5. The number of halogens is 1. The van der Waals surface area contributed by atoms with Crippen molar-refractivity contribution < 1.29 is 4.74 Å². The van der Waals surface area contributed by atoms with Gasteiger partial charge in [-0.2, -0.15) is 0 Å². The number of hydrogen-bond donors (Lipinski definition) is 2. The highest BCUT2D eigenvalue weighted by Gasteiger charge is 2.24. The molecule has 5 nitrogen and oxygen atoms in total. The van der Waals surface area contributed by atoms with Crippen LogP contribution in [0.3, 0.4) is 0 Å². The molecule has 2 heterocycles. The van der Waals surface area contributed by atoms with Gasteiger partial charge in [-0.15, -0.1) is 24.0 Å². The Balaban J connectivity index is 0.00000320. The molecule has 2 aliphatic rings. The van der Waals surface area contributed by atoms with Crippen LogP contribution >= 0.6 is 24.0 Å². The summed E-state index contributed by atoms with van der Waals surface area (Å²) < 4.78 is 5.51. The van der Waals surface area contributed by atoms with Crippen LogP contribution in [0, 0.1) is 5.92 Å². The predicted octanol–water partition coefficient (Wildman–Crippen LogP) is 4.03. The number of nitrogens with zero attached hydrogens (tertiary/aromatic N) is 2. The van der Waals surface area contributed by atoms with Crippen molar-refractivity contribution in [1.29, 1.82) is 0 Å². The van der Waals surface area contributed by atoms with Crippen molar-refractivity contribution in [2.24, 2.45) is 10.9 Å². The topological polar surface area (TPSA) is 48.9 Å². The fourth-order valence-electron chi connectivity index (χ4n) is 4.31. The predicted molar refractivity (Wildman–Crippen MR) is 137 cm³/mol. The van der Waals surface area contributed by atoms with Crippen LogP contribution in [0.15, 0.2) is 29.3 Å². The average molecular weight is 529 g/mol. The van der Waals surface area contributed by atoms with E-state index in [0.717, 1.165) is 44.5 Å². The number of guanidine groups is 1. The molecule has 30 heavy (non-hydrogen) atoms. The van der Waals surface area contributed by atoms with Gasteiger partial charge in [0.15, 0.2) is 5.96 Å². The van der Waals surface area contributed by atoms with Gasteiger partial charge in [0, 0.05) is 45.9 Å². The van der Waals surface area contributed by atoms with Crippen molar-refractivity contribution in [3.63, 3.8) is 0 Å². The van der Waals surface area contributed by atoms with Crippen molar-refractivity contribution in [3.05, 3.63) is 35.4 Å². The number of aliphatic imine (C=N–C) groups is 1. The zero-order valence-electron chi connectivity index (χ0n) is 19.0. The molecule has 1 atom stereocenters. The first-order chi connectivity index (χ1) is 14.1. The number of rotatable bonds is 8. The Morgan fingerprint density at radius 2 is 1.90 bits per heavy atom. The molecule has 1 aromatic rings. The molecule has 0 radical (unpaired) electrons. The maximum absolute atomic E-state index is 5.51. The van der Waals surface area contributed by atoms with Crippen LogP contribution in [0.1, 0.15) is 56.6 Å². The van der Waals surface area contributed by atoms with Gasteiger partial charge in [0.2, 0.25) is 0 Å². The molecule has 3 rings (SSSR count). The fourth-order valence-corrected chi connectivity index (χ4v) is 4.31. The van der Waals surface area contributed by atoms with Gasteiger partial charge < -0.3 is 20.3 Å². The number of hydrogen-bond acceptors (Lipinski definition) is 3. The second kappa shape index (κ2) is 13.5. The lowest BCUT2D eigenvalue weighted by atomic mass is 10.0. The van der Waals surface area contributed by atoms with Crippen molar-refractivity contribution in [2.75, 3.05) is 46.4 Å². The molecule has 0 aromatic heterocycles. The largest absolute Gasteiger partial charge is 0.381 e. The van der Waals surface area contributed by atoms with E-state index >= 15 is 0 Å². The highest BCUT2D eigenvalue weighted by Crippen LogP contribution is 2.18. The van der Waals surface area contributed by atoms with Crippen LogP contribution in [0.5, 0.6) is 0 Å². The van der Waals surface area contributed by atoms with Crippen molar-refractivity contribution in [1.82, 2.24) is 15.5 Å². The summed E-state index contributed by atoms with van der Waals surface area (Å²) >= 11 is 0. The molecule has 0 bridgehead atoms. The molecule has 0 saturated carbocycles. The Morgan fingerprint density at radius 1 is 1.17 bits per heavy atom. The highest BCUT2D eigenvalue weighted by atomic mass is 127. The third-order valence-corrected chi connectivity index (χ3v) is 6.27. The second-order valence-electron chi connectivity index (χ2n) is 8.95. The van der Waals surface area contributed by atoms with E-state index in [9.17, 15) is 0 Å². The molecule has 2 N–H and O–H groups in total. The van der Waals surface area contributed by atoms with E-state index in [1.165, 1.54) is 50.0 Å². The van der Waals surface area contributed by atoms with Crippen LogP contribution in [-0.2, 0) is 11.2 Å². The summed E-state index contributed by atoms with van der Waals surface area (Å²) in [5, 5.41) is 7.12. The summed E-state index contributed by atoms with van der Waals surface area (Å²) in [5.74, 6) is 2.29. The molecule has 1 unspecified atom stereocenters. The number of piperidine rings is 1. The standard InChI is InChI=1S/C24H40N4O.HI/c1-19(2)22-8-6-20(7-9-22)5-4-13-26-24(25-3)27-23-10-14-28(15-11-23)17-21-12-16-29-18-21;/h6-9,19,21,23H,4-5,10-18H2,1-3H3,(H2,25,26,27);1H. The number of benzene rings is 1. The third kappa shape index (κ3) is 8.35. The molecule has 2 saturated heterocycles. The lowest BCUT2D eigenvalue weighted by Crippen LogP contribution is -2.49. The van der Waals surface area contributed by atoms with Gasteiger partial charge in [-0.3, -0.25) is 4.99 Å². The Hall–Kier alpha value is -0.860. The smallest absolute Gasteiger partial charge is 0.191 e. The minimum Gasteiger partial charge on any atom is -0.381 e. The van der Waals surface area contributed by atoms with Crippen molar-refractivity contribution >= 4 is 29.9 Å². The van der Waals surface area contributed by atoms with Gasteiger partial charge in [0.05, 0.1) is 6.61 Å². The van der Waals surface area contributed by atoms with E-state index in [0.29, 0.717) is 12.0 Å². The SMILES string of the molecule is CN=C(NCCCc1ccc(C(C)C)cc1)NC1CCN(CC2CCOC2)CC1.I. The van der Waals surface area contributed by atoms with Crippen LogP contribution in [0.4, 0.5) is 0 Å². The van der Waals surface area contributed by atoms with Crippen LogP contribution < -0.4 is 10.6 Å². The summed E-state index contributed by atoms with van der Waals surface area (Å²) in [7, 11) is 1.87. The van der Waals surface area contributed by atoms with Crippen LogP contribution in [0.25, 0.3) is 0 Å². The number of aryl methyl sites for hydroxylation is 1. The second-order valence-corrected chi connectivity index (χ2v) is 8.95. The molecular formula is C24H41IN4O. The number of likely N-dealkylation sites (tertiary alicyclic amines) is 1. The molecular weight excluding hydrogens is 487 g/mol. The van der Waals surface area contributed by atoms with Gasteiger partial charge in [0.1, 0.15) is 0 Å². The summed E-state index contributed by atoms with van der Waals surface area (Å²) in [5.41, 5.74) is 2.83. The van der Waals surface area contributed by atoms with Gasteiger partial charge in [0.25, 0.3) is 0 Å². The average Bonchev–Trinajstić information content (AvgIpc) is 3.25. The normalized spacial score (nSPS) is 20.9. The Bertz CT molecular complexity index is 621. The quantitative estimate of drug-likeness (QED) is 0.232. The molecule has 1 aromatic carbocycles.